The van der Waals surface area contributed by atoms with E-state index in [1.54, 1.807) is 12.5 Å². The topological polar surface area (TPSA) is 64.7 Å². The first-order valence-corrected chi connectivity index (χ1v) is 6.01. The van der Waals surface area contributed by atoms with Crippen LogP contribution in [0.1, 0.15) is 18.5 Å². The van der Waals surface area contributed by atoms with Crippen LogP contribution in [0.2, 0.25) is 0 Å². The van der Waals surface area contributed by atoms with Crippen molar-refractivity contribution in [1.29, 1.82) is 0 Å². The predicted octanol–water partition coefficient (Wildman–Crippen LogP) is 2.10. The lowest BCUT2D eigenvalue weighted by Gasteiger charge is -2.08. The van der Waals surface area contributed by atoms with Gasteiger partial charge in [-0.25, -0.2) is 9.97 Å². The van der Waals surface area contributed by atoms with Crippen LogP contribution in [-0.4, -0.2) is 14.3 Å². The van der Waals surface area contributed by atoms with Gasteiger partial charge in [-0.2, -0.15) is 4.37 Å². The molecule has 78 valence electrons. The third-order valence-corrected chi connectivity index (χ3v) is 3.57. The monoisotopic (exact) mass is 238 g/mol. The quantitative estimate of drug-likeness (QED) is 0.887. The van der Waals surface area contributed by atoms with Crippen molar-refractivity contribution in [3.63, 3.8) is 0 Å². The Morgan fingerprint density at radius 1 is 1.47 bits per heavy atom. The van der Waals surface area contributed by atoms with Crippen molar-refractivity contribution in [3.8, 4) is 0 Å². The van der Waals surface area contributed by atoms with Gasteiger partial charge in [0.1, 0.15) is 11.4 Å². The zero-order valence-electron chi connectivity index (χ0n) is 8.12. The Kier molecular flexibility index (Phi) is 3.30. The van der Waals surface area contributed by atoms with Crippen molar-refractivity contribution in [2.75, 3.05) is 0 Å². The second-order valence-electron chi connectivity index (χ2n) is 3.00. The molecule has 1 atom stereocenters. The lowest BCUT2D eigenvalue weighted by molar-refractivity contribution is 0.779. The molecule has 2 heterocycles. The number of rotatable bonds is 3. The average molecular weight is 238 g/mol. The summed E-state index contributed by atoms with van der Waals surface area (Å²) in [5, 5.41) is 0.907. The normalized spacial score (nSPS) is 12.7. The van der Waals surface area contributed by atoms with E-state index in [2.05, 4.69) is 14.3 Å². The first-order chi connectivity index (χ1) is 7.27. The van der Waals surface area contributed by atoms with Gasteiger partial charge >= 0.3 is 0 Å². The van der Waals surface area contributed by atoms with Gasteiger partial charge in [-0.3, -0.25) is 0 Å². The molecule has 2 aromatic rings. The summed E-state index contributed by atoms with van der Waals surface area (Å²) in [6, 6.07) is 3.86. The molecule has 0 aliphatic heterocycles. The molecule has 0 amide bonds. The lowest BCUT2D eigenvalue weighted by Crippen LogP contribution is -2.06. The van der Waals surface area contributed by atoms with Crippen LogP contribution >= 0.6 is 23.3 Å². The standard InChI is InChI=1S/C9H10N4S2/c1-6(10)7-3-2-4-11-8(7)14-9-12-5-13-15-9/h2-6H,10H2,1H3. The molecule has 0 aliphatic rings. The second kappa shape index (κ2) is 4.69. The zero-order valence-corrected chi connectivity index (χ0v) is 9.76. The molecule has 2 aromatic heterocycles. The van der Waals surface area contributed by atoms with Crippen LogP contribution in [-0.2, 0) is 0 Å². The molecule has 1 unspecified atom stereocenters. The summed E-state index contributed by atoms with van der Waals surface area (Å²) in [4.78, 5) is 8.40. The number of hydrogen-bond donors (Lipinski definition) is 1. The van der Waals surface area contributed by atoms with Gasteiger partial charge in [-0.15, -0.1) is 0 Å². The average Bonchev–Trinajstić information content (AvgIpc) is 2.71. The molecular weight excluding hydrogens is 228 g/mol. The lowest BCUT2D eigenvalue weighted by atomic mass is 10.2. The predicted molar refractivity (Wildman–Crippen MR) is 60.9 cm³/mol. The SMILES string of the molecule is CC(N)c1cccnc1Sc1ncns1. The summed E-state index contributed by atoms with van der Waals surface area (Å²) in [6.07, 6.45) is 3.30. The Morgan fingerprint density at radius 2 is 2.33 bits per heavy atom. The van der Waals surface area contributed by atoms with E-state index in [1.807, 2.05) is 19.1 Å². The van der Waals surface area contributed by atoms with Crippen molar-refractivity contribution >= 4 is 23.3 Å². The molecule has 0 saturated heterocycles. The molecule has 6 heteroatoms. The highest BCUT2D eigenvalue weighted by Gasteiger charge is 2.10. The molecule has 15 heavy (non-hydrogen) atoms. The maximum atomic E-state index is 5.86. The molecule has 0 fully saturated rings. The van der Waals surface area contributed by atoms with E-state index >= 15 is 0 Å². The van der Waals surface area contributed by atoms with E-state index in [-0.39, 0.29) is 6.04 Å². The largest absolute Gasteiger partial charge is 0.324 e. The summed E-state index contributed by atoms with van der Waals surface area (Å²) in [6.45, 7) is 1.95. The van der Waals surface area contributed by atoms with Crippen molar-refractivity contribution in [1.82, 2.24) is 14.3 Å². The fourth-order valence-electron chi connectivity index (χ4n) is 1.13. The van der Waals surface area contributed by atoms with Crippen LogP contribution in [0.4, 0.5) is 0 Å². The highest BCUT2D eigenvalue weighted by atomic mass is 32.2. The Hall–Kier alpha value is -0.980. The van der Waals surface area contributed by atoms with E-state index in [0.29, 0.717) is 0 Å². The van der Waals surface area contributed by atoms with E-state index in [9.17, 15) is 0 Å². The minimum Gasteiger partial charge on any atom is -0.324 e. The summed E-state index contributed by atoms with van der Waals surface area (Å²) in [5.74, 6) is 0. The van der Waals surface area contributed by atoms with Gasteiger partial charge in [0, 0.05) is 17.8 Å². The van der Waals surface area contributed by atoms with Gasteiger partial charge in [-0.05, 0) is 36.3 Å². The molecule has 0 aliphatic carbocycles. The highest BCUT2D eigenvalue weighted by molar-refractivity contribution is 8.00. The van der Waals surface area contributed by atoms with Crippen molar-refractivity contribution < 1.29 is 0 Å². The molecule has 4 nitrogen and oxygen atoms in total. The van der Waals surface area contributed by atoms with Crippen molar-refractivity contribution in [2.24, 2.45) is 5.73 Å². The number of aromatic nitrogens is 3. The third-order valence-electron chi connectivity index (χ3n) is 1.82. The number of nitrogens with two attached hydrogens (primary N) is 1. The van der Waals surface area contributed by atoms with Crippen molar-refractivity contribution in [2.45, 2.75) is 22.3 Å². The summed E-state index contributed by atoms with van der Waals surface area (Å²) < 4.78 is 4.83. The van der Waals surface area contributed by atoms with Crippen LogP contribution in [0.15, 0.2) is 34.0 Å². The van der Waals surface area contributed by atoms with Gasteiger partial charge in [-0.1, -0.05) is 6.07 Å². The molecule has 2 N–H and O–H groups in total. The molecule has 0 saturated carbocycles. The highest BCUT2D eigenvalue weighted by Crippen LogP contribution is 2.30. The number of pyridine rings is 1. The van der Waals surface area contributed by atoms with Gasteiger partial charge in [0.15, 0.2) is 4.34 Å². The van der Waals surface area contributed by atoms with Gasteiger partial charge in [0.05, 0.1) is 0 Å². The Morgan fingerprint density at radius 3 is 3.00 bits per heavy atom. The van der Waals surface area contributed by atoms with Crippen LogP contribution in [0.3, 0.4) is 0 Å². The maximum Gasteiger partial charge on any atom is 0.176 e. The van der Waals surface area contributed by atoms with E-state index < -0.39 is 0 Å². The fourth-order valence-corrected chi connectivity index (χ4v) is 2.67. The number of hydrogen-bond acceptors (Lipinski definition) is 6. The molecular formula is C9H10N4S2. The molecule has 2 rings (SSSR count). The fraction of sp³-hybridized carbons (Fsp3) is 0.222. The molecule has 0 spiro atoms. The minimum atomic E-state index is -0.0193. The smallest absolute Gasteiger partial charge is 0.176 e. The summed E-state index contributed by atoms with van der Waals surface area (Å²) in [7, 11) is 0. The Bertz CT molecular complexity index is 427. The first kappa shape index (κ1) is 10.5. The van der Waals surface area contributed by atoms with Crippen LogP contribution < -0.4 is 5.73 Å². The Balaban J connectivity index is 2.28. The minimum absolute atomic E-state index is 0.0193. The third kappa shape index (κ3) is 2.53. The summed E-state index contributed by atoms with van der Waals surface area (Å²) >= 11 is 2.86. The molecule has 0 bridgehead atoms. The van der Waals surface area contributed by atoms with E-state index in [0.717, 1.165) is 14.9 Å². The van der Waals surface area contributed by atoms with Gasteiger partial charge in [0.25, 0.3) is 0 Å². The first-order valence-electron chi connectivity index (χ1n) is 4.42. The Labute approximate surface area is 96.1 Å². The van der Waals surface area contributed by atoms with Crippen molar-refractivity contribution in [3.05, 3.63) is 30.2 Å². The zero-order chi connectivity index (χ0) is 10.7. The van der Waals surface area contributed by atoms with Crippen LogP contribution in [0.25, 0.3) is 0 Å². The van der Waals surface area contributed by atoms with Crippen LogP contribution in [0.5, 0.6) is 0 Å². The van der Waals surface area contributed by atoms with E-state index in [4.69, 9.17) is 5.73 Å². The molecule has 0 radical (unpaired) electrons. The van der Waals surface area contributed by atoms with Crippen LogP contribution in [0, 0.1) is 0 Å². The van der Waals surface area contributed by atoms with Gasteiger partial charge < -0.3 is 5.73 Å². The second-order valence-corrected chi connectivity index (χ2v) is 5.01. The molecule has 0 aromatic carbocycles. The maximum absolute atomic E-state index is 5.86. The van der Waals surface area contributed by atoms with E-state index in [1.165, 1.54) is 23.3 Å². The number of nitrogens with zero attached hydrogens (tertiary/aromatic N) is 3. The van der Waals surface area contributed by atoms with Gasteiger partial charge in [0.2, 0.25) is 0 Å². The summed E-state index contributed by atoms with van der Waals surface area (Å²) in [5.41, 5.74) is 6.90.